The first-order valence-electron chi connectivity index (χ1n) is 6.71. The monoisotopic (exact) mass is 264 g/mol. The summed E-state index contributed by atoms with van der Waals surface area (Å²) in [5.74, 6) is 0.164. The molecule has 19 heavy (non-hydrogen) atoms. The standard InChI is InChI=1S/C15H24N2O2/c1-10(13-4-6-14(16)7-5-13)8-15(19)17-11(2)9-12(3)18/h4-7,10-12,18H,8-9,16H2,1-3H3,(H,17,19). The van der Waals surface area contributed by atoms with Gasteiger partial charge in [0.15, 0.2) is 0 Å². The van der Waals surface area contributed by atoms with Crippen LogP contribution in [0.2, 0.25) is 0 Å². The van der Waals surface area contributed by atoms with Gasteiger partial charge in [0.25, 0.3) is 0 Å². The Morgan fingerprint density at radius 2 is 1.84 bits per heavy atom. The van der Waals surface area contributed by atoms with Crippen molar-refractivity contribution in [2.75, 3.05) is 5.73 Å². The maximum absolute atomic E-state index is 11.9. The number of rotatable bonds is 6. The highest BCUT2D eigenvalue weighted by atomic mass is 16.3. The van der Waals surface area contributed by atoms with E-state index in [-0.39, 0.29) is 17.9 Å². The largest absolute Gasteiger partial charge is 0.399 e. The van der Waals surface area contributed by atoms with E-state index in [1.165, 1.54) is 0 Å². The van der Waals surface area contributed by atoms with Crippen molar-refractivity contribution in [3.63, 3.8) is 0 Å². The van der Waals surface area contributed by atoms with Gasteiger partial charge >= 0.3 is 0 Å². The minimum atomic E-state index is -0.398. The van der Waals surface area contributed by atoms with Crippen molar-refractivity contribution in [2.45, 2.75) is 51.7 Å². The number of anilines is 1. The Bertz CT molecular complexity index is 401. The van der Waals surface area contributed by atoms with Gasteiger partial charge in [-0.05, 0) is 43.9 Å². The number of carbonyl (C=O) groups excluding carboxylic acids is 1. The van der Waals surface area contributed by atoms with Crippen molar-refractivity contribution in [3.8, 4) is 0 Å². The zero-order valence-corrected chi connectivity index (χ0v) is 11.9. The minimum Gasteiger partial charge on any atom is -0.399 e. The Kier molecular flexibility index (Phi) is 5.83. The average Bonchev–Trinajstić information content (AvgIpc) is 2.27. The summed E-state index contributed by atoms with van der Waals surface area (Å²) < 4.78 is 0. The van der Waals surface area contributed by atoms with Gasteiger partial charge in [0.05, 0.1) is 6.10 Å². The average molecular weight is 264 g/mol. The lowest BCUT2D eigenvalue weighted by molar-refractivity contribution is -0.122. The first-order chi connectivity index (χ1) is 8.88. The third-order valence-electron chi connectivity index (χ3n) is 3.10. The molecular formula is C15H24N2O2. The van der Waals surface area contributed by atoms with Crippen molar-refractivity contribution >= 4 is 11.6 Å². The molecule has 0 aromatic heterocycles. The quantitative estimate of drug-likeness (QED) is 0.688. The van der Waals surface area contributed by atoms with Gasteiger partial charge < -0.3 is 16.2 Å². The molecule has 0 saturated heterocycles. The van der Waals surface area contributed by atoms with Crippen LogP contribution in [0.15, 0.2) is 24.3 Å². The van der Waals surface area contributed by atoms with Crippen molar-refractivity contribution in [3.05, 3.63) is 29.8 Å². The lowest BCUT2D eigenvalue weighted by Crippen LogP contribution is -2.35. The summed E-state index contributed by atoms with van der Waals surface area (Å²) in [6.45, 7) is 5.64. The second kappa shape index (κ2) is 7.14. The summed E-state index contributed by atoms with van der Waals surface area (Å²) in [4.78, 5) is 11.9. The molecule has 0 bridgehead atoms. The molecule has 4 N–H and O–H groups in total. The molecule has 1 aromatic carbocycles. The van der Waals surface area contributed by atoms with Crippen LogP contribution in [0.4, 0.5) is 5.69 Å². The second-order valence-electron chi connectivity index (χ2n) is 5.33. The number of nitrogen functional groups attached to an aromatic ring is 1. The van der Waals surface area contributed by atoms with Gasteiger partial charge in [-0.25, -0.2) is 0 Å². The lowest BCUT2D eigenvalue weighted by atomic mass is 9.97. The van der Waals surface area contributed by atoms with E-state index in [0.717, 1.165) is 11.3 Å². The van der Waals surface area contributed by atoms with E-state index in [9.17, 15) is 9.90 Å². The van der Waals surface area contributed by atoms with E-state index in [4.69, 9.17) is 5.73 Å². The topological polar surface area (TPSA) is 75.3 Å². The van der Waals surface area contributed by atoms with Gasteiger partial charge in [-0.3, -0.25) is 4.79 Å². The number of carbonyl (C=O) groups is 1. The first kappa shape index (κ1) is 15.5. The van der Waals surface area contributed by atoms with Crippen LogP contribution in [0, 0.1) is 0 Å². The number of nitrogens with one attached hydrogen (secondary N) is 1. The van der Waals surface area contributed by atoms with Gasteiger partial charge in [-0.15, -0.1) is 0 Å². The predicted molar refractivity (Wildman–Crippen MR) is 77.8 cm³/mol. The highest BCUT2D eigenvalue weighted by Crippen LogP contribution is 2.20. The van der Waals surface area contributed by atoms with Crippen LogP contribution < -0.4 is 11.1 Å². The molecule has 1 rings (SSSR count). The van der Waals surface area contributed by atoms with Crippen LogP contribution in [-0.4, -0.2) is 23.2 Å². The fraction of sp³-hybridized carbons (Fsp3) is 0.533. The molecule has 3 atom stereocenters. The fourth-order valence-corrected chi connectivity index (χ4v) is 2.12. The summed E-state index contributed by atoms with van der Waals surface area (Å²) >= 11 is 0. The van der Waals surface area contributed by atoms with Crippen molar-refractivity contribution < 1.29 is 9.90 Å². The predicted octanol–water partition coefficient (Wildman–Crippen LogP) is 2.04. The number of hydrogen-bond acceptors (Lipinski definition) is 3. The normalized spacial score (nSPS) is 15.6. The Morgan fingerprint density at radius 3 is 2.37 bits per heavy atom. The lowest BCUT2D eigenvalue weighted by Gasteiger charge is -2.17. The number of nitrogens with two attached hydrogens (primary N) is 1. The Balaban J connectivity index is 2.45. The van der Waals surface area contributed by atoms with Crippen LogP contribution >= 0.6 is 0 Å². The van der Waals surface area contributed by atoms with Crippen molar-refractivity contribution in [1.82, 2.24) is 5.32 Å². The van der Waals surface area contributed by atoms with E-state index >= 15 is 0 Å². The third kappa shape index (κ3) is 5.75. The fourth-order valence-electron chi connectivity index (χ4n) is 2.12. The molecule has 0 aliphatic heterocycles. The smallest absolute Gasteiger partial charge is 0.220 e. The van der Waals surface area contributed by atoms with Gasteiger partial charge in [-0.2, -0.15) is 0 Å². The molecule has 4 nitrogen and oxygen atoms in total. The maximum Gasteiger partial charge on any atom is 0.220 e. The molecule has 0 heterocycles. The molecule has 3 unspecified atom stereocenters. The van der Waals surface area contributed by atoms with Crippen molar-refractivity contribution in [2.24, 2.45) is 0 Å². The zero-order chi connectivity index (χ0) is 14.4. The molecule has 0 radical (unpaired) electrons. The summed E-state index contributed by atoms with van der Waals surface area (Å²) in [7, 11) is 0. The third-order valence-corrected chi connectivity index (χ3v) is 3.10. The Morgan fingerprint density at radius 1 is 1.26 bits per heavy atom. The van der Waals surface area contributed by atoms with E-state index in [0.29, 0.717) is 12.8 Å². The van der Waals surface area contributed by atoms with Crippen molar-refractivity contribution in [1.29, 1.82) is 0 Å². The molecule has 1 amide bonds. The van der Waals surface area contributed by atoms with E-state index < -0.39 is 6.10 Å². The number of aliphatic hydroxyl groups excluding tert-OH is 1. The van der Waals surface area contributed by atoms with Crippen LogP contribution in [0.5, 0.6) is 0 Å². The molecule has 0 spiro atoms. The maximum atomic E-state index is 11.9. The zero-order valence-electron chi connectivity index (χ0n) is 11.9. The van der Waals surface area contributed by atoms with Gasteiger partial charge in [0.1, 0.15) is 0 Å². The van der Waals surface area contributed by atoms with E-state index in [1.54, 1.807) is 6.92 Å². The first-order valence-corrected chi connectivity index (χ1v) is 6.71. The summed E-state index contributed by atoms with van der Waals surface area (Å²) in [6, 6.07) is 7.59. The molecular weight excluding hydrogens is 240 g/mol. The van der Waals surface area contributed by atoms with Gasteiger partial charge in [-0.1, -0.05) is 19.1 Å². The van der Waals surface area contributed by atoms with Crippen LogP contribution in [0.3, 0.4) is 0 Å². The highest BCUT2D eigenvalue weighted by Gasteiger charge is 2.14. The minimum absolute atomic E-state index is 0.00822. The van der Waals surface area contributed by atoms with Crippen LogP contribution in [0.1, 0.15) is 45.1 Å². The Hall–Kier alpha value is -1.55. The summed E-state index contributed by atoms with van der Waals surface area (Å²) in [6.07, 6.45) is 0.612. The molecule has 0 aliphatic rings. The number of benzene rings is 1. The van der Waals surface area contributed by atoms with Gasteiger partial charge in [0.2, 0.25) is 5.91 Å². The molecule has 0 saturated carbocycles. The molecule has 1 aromatic rings. The molecule has 4 heteroatoms. The van der Waals surface area contributed by atoms with E-state index in [2.05, 4.69) is 5.32 Å². The number of amides is 1. The summed E-state index contributed by atoms with van der Waals surface area (Å²) in [5, 5.41) is 12.2. The Labute approximate surface area is 115 Å². The molecule has 106 valence electrons. The number of hydrogen-bond donors (Lipinski definition) is 3. The highest BCUT2D eigenvalue weighted by molar-refractivity contribution is 5.77. The molecule has 0 fully saturated rings. The van der Waals surface area contributed by atoms with Crippen LogP contribution in [-0.2, 0) is 4.79 Å². The second-order valence-corrected chi connectivity index (χ2v) is 5.33. The van der Waals surface area contributed by atoms with E-state index in [1.807, 2.05) is 38.1 Å². The van der Waals surface area contributed by atoms with Crippen LogP contribution in [0.25, 0.3) is 0 Å². The molecule has 0 aliphatic carbocycles. The summed E-state index contributed by atoms with van der Waals surface area (Å²) in [5.41, 5.74) is 7.47. The number of aliphatic hydroxyl groups is 1. The van der Waals surface area contributed by atoms with Gasteiger partial charge in [0, 0.05) is 18.2 Å². The SMILES string of the molecule is CC(O)CC(C)NC(=O)CC(C)c1ccc(N)cc1.